The Morgan fingerprint density at radius 1 is 0.615 bits per heavy atom. The largest absolute Gasteiger partial charge is 0.378 e. The van der Waals surface area contributed by atoms with E-state index in [-0.39, 0.29) is 0 Å². The summed E-state index contributed by atoms with van der Waals surface area (Å²) in [6.45, 7) is 2.08. The lowest BCUT2D eigenvalue weighted by Crippen LogP contribution is -2.36. The minimum absolute atomic E-state index is 1.04. The molecule has 0 radical (unpaired) electrons. The number of rotatable bonds is 13. The van der Waals surface area contributed by atoms with Gasteiger partial charge in [-0.05, 0) is 54.8 Å². The van der Waals surface area contributed by atoms with Crippen molar-refractivity contribution in [2.45, 2.75) is 38.8 Å². The quantitative estimate of drug-likeness (QED) is 0.0906. The maximum atomic E-state index is 4.55. The highest BCUT2D eigenvalue weighted by Crippen LogP contribution is 2.14. The number of para-hydroxylation sites is 1. The van der Waals surface area contributed by atoms with Crippen LogP contribution in [-0.2, 0) is 13.1 Å². The highest BCUT2D eigenvalue weighted by Gasteiger charge is 2.07. The predicted octanol–water partition coefficient (Wildman–Crippen LogP) is 6.23. The second-order valence-electron chi connectivity index (χ2n) is 10.0. The van der Waals surface area contributed by atoms with Crippen LogP contribution in [0, 0.1) is 0 Å². The Kier molecular flexibility index (Phi) is 10.4. The summed E-state index contributed by atoms with van der Waals surface area (Å²) in [6, 6.07) is 29.5. The number of unbranched alkanes of at least 4 members (excludes halogenated alkanes) is 3. The Morgan fingerprint density at radius 2 is 1.31 bits per heavy atom. The zero-order valence-electron chi connectivity index (χ0n) is 23.5. The number of hydrazone groups is 1. The van der Waals surface area contributed by atoms with Crippen LogP contribution in [0.15, 0.2) is 109 Å². The fourth-order valence-corrected chi connectivity index (χ4v) is 4.41. The van der Waals surface area contributed by atoms with Crippen LogP contribution in [-0.4, -0.2) is 27.4 Å². The van der Waals surface area contributed by atoms with Gasteiger partial charge in [0, 0.05) is 75.6 Å². The molecule has 0 aliphatic carbocycles. The van der Waals surface area contributed by atoms with Crippen LogP contribution in [0.1, 0.15) is 42.5 Å². The molecule has 39 heavy (non-hydrogen) atoms. The van der Waals surface area contributed by atoms with Crippen molar-refractivity contribution in [3.63, 3.8) is 0 Å². The van der Waals surface area contributed by atoms with Gasteiger partial charge in [0.1, 0.15) is 13.1 Å². The maximum Gasteiger partial charge on any atom is 0.205 e. The summed E-state index contributed by atoms with van der Waals surface area (Å²) >= 11 is 0. The summed E-state index contributed by atoms with van der Waals surface area (Å²) in [5.41, 5.74) is 5.85. The fourth-order valence-electron chi connectivity index (χ4n) is 4.41. The van der Waals surface area contributed by atoms with Gasteiger partial charge < -0.3 is 4.90 Å². The molecule has 0 amide bonds. The number of aryl methyl sites for hydroxylation is 2. The molecule has 0 spiro atoms. The second-order valence-corrected chi connectivity index (χ2v) is 10.0. The molecule has 0 fully saturated rings. The van der Waals surface area contributed by atoms with Gasteiger partial charge in [0.25, 0.3) is 0 Å². The van der Waals surface area contributed by atoms with Crippen LogP contribution >= 0.6 is 0 Å². The van der Waals surface area contributed by atoms with Crippen LogP contribution in [0.3, 0.4) is 0 Å². The summed E-state index contributed by atoms with van der Waals surface area (Å²) in [7, 11) is 6.10. The Morgan fingerprint density at radius 3 is 2.03 bits per heavy atom. The fraction of sp³-hybridized carbons (Fsp3) is 0.265. The molecule has 200 valence electrons. The van der Waals surface area contributed by atoms with Crippen molar-refractivity contribution < 1.29 is 9.13 Å². The molecule has 0 saturated carbocycles. The van der Waals surface area contributed by atoms with Crippen molar-refractivity contribution in [3.05, 3.63) is 120 Å². The molecule has 5 heteroatoms. The van der Waals surface area contributed by atoms with Crippen molar-refractivity contribution in [2.75, 3.05) is 31.1 Å². The molecule has 4 aromatic rings. The molecule has 2 aromatic heterocycles. The number of hydrogen-bond donors (Lipinski definition) is 0. The van der Waals surface area contributed by atoms with Crippen LogP contribution in [0.25, 0.3) is 12.2 Å². The zero-order chi connectivity index (χ0) is 27.3. The lowest BCUT2D eigenvalue weighted by Gasteiger charge is -2.11. The Balaban J connectivity index is 1.17. The van der Waals surface area contributed by atoms with Crippen molar-refractivity contribution >= 4 is 29.7 Å². The van der Waals surface area contributed by atoms with Crippen LogP contribution < -0.4 is 19.0 Å². The van der Waals surface area contributed by atoms with E-state index in [0.29, 0.717) is 0 Å². The van der Waals surface area contributed by atoms with Gasteiger partial charge in [-0.1, -0.05) is 30.3 Å². The molecule has 0 saturated heterocycles. The molecule has 2 heterocycles. The number of pyridine rings is 2. The van der Waals surface area contributed by atoms with Gasteiger partial charge in [0.15, 0.2) is 18.6 Å². The Bertz CT molecular complexity index is 1330. The number of hydrogen-bond acceptors (Lipinski definition) is 3. The first-order valence-corrected chi connectivity index (χ1v) is 13.8. The molecular formula is C34H41N5+2. The smallest absolute Gasteiger partial charge is 0.205 e. The molecule has 2 aromatic carbocycles. The van der Waals surface area contributed by atoms with E-state index >= 15 is 0 Å². The third kappa shape index (κ3) is 8.92. The van der Waals surface area contributed by atoms with Gasteiger partial charge in [0.2, 0.25) is 5.69 Å². The molecule has 5 nitrogen and oxygen atoms in total. The van der Waals surface area contributed by atoms with E-state index in [9.17, 15) is 0 Å². The average molecular weight is 520 g/mol. The molecule has 0 bridgehead atoms. The van der Waals surface area contributed by atoms with Gasteiger partial charge in [-0.15, -0.1) is 0 Å². The Labute approximate surface area is 234 Å². The van der Waals surface area contributed by atoms with Crippen molar-refractivity contribution in [1.29, 1.82) is 0 Å². The van der Waals surface area contributed by atoms with Crippen LogP contribution in [0.4, 0.5) is 11.4 Å². The summed E-state index contributed by atoms with van der Waals surface area (Å²) in [4.78, 5) is 2.12. The summed E-state index contributed by atoms with van der Waals surface area (Å²) in [5.74, 6) is 0. The van der Waals surface area contributed by atoms with Gasteiger partial charge in [0.05, 0.1) is 11.9 Å². The predicted molar refractivity (Wildman–Crippen MR) is 164 cm³/mol. The molecular weight excluding hydrogens is 478 g/mol. The molecule has 0 aliphatic rings. The lowest BCUT2D eigenvalue weighted by molar-refractivity contribution is -0.699. The van der Waals surface area contributed by atoms with Gasteiger partial charge >= 0.3 is 0 Å². The summed E-state index contributed by atoms with van der Waals surface area (Å²) in [6.07, 6.45) is 17.6. The number of aromatic nitrogens is 2. The highest BCUT2D eigenvalue weighted by molar-refractivity contribution is 5.79. The second kappa shape index (κ2) is 14.6. The topological polar surface area (TPSA) is 26.6 Å². The van der Waals surface area contributed by atoms with Crippen molar-refractivity contribution in [3.8, 4) is 0 Å². The molecule has 0 N–H and O–H groups in total. The first kappa shape index (κ1) is 27.8. The molecule has 4 rings (SSSR count). The summed E-state index contributed by atoms with van der Waals surface area (Å²) in [5, 5.41) is 6.44. The third-order valence-electron chi connectivity index (χ3n) is 6.82. The van der Waals surface area contributed by atoms with E-state index in [4.69, 9.17) is 0 Å². The van der Waals surface area contributed by atoms with E-state index in [1.165, 1.54) is 42.6 Å². The lowest BCUT2D eigenvalue weighted by atomic mass is 10.1. The monoisotopic (exact) mass is 519 g/mol. The minimum Gasteiger partial charge on any atom is -0.378 e. The van der Waals surface area contributed by atoms with E-state index in [0.717, 1.165) is 24.3 Å². The first-order chi connectivity index (χ1) is 19.1. The van der Waals surface area contributed by atoms with E-state index in [1.807, 2.05) is 36.5 Å². The highest BCUT2D eigenvalue weighted by atomic mass is 15.4. The standard InChI is InChI=1S/C34H41N5/c1-36(2)32-19-16-30(17-20-32)18-21-34-15-9-12-26-39(34)25-11-5-4-10-24-38-27-22-31(23-28-38)29-35-37(3)33-13-7-6-8-14-33/h6-9,12-23,26-29H,4-5,10-11,24-25H2,1-3H3/q+2. The number of anilines is 2. The van der Waals surface area contributed by atoms with E-state index in [2.05, 4.69) is 131 Å². The van der Waals surface area contributed by atoms with Crippen LogP contribution in [0.5, 0.6) is 0 Å². The van der Waals surface area contributed by atoms with Crippen molar-refractivity contribution in [2.24, 2.45) is 5.10 Å². The SMILES string of the molecule is CN(C)c1ccc(C=Cc2cccc[n+]2CCCCCC[n+]2ccc(C=NN(C)c3ccccc3)cc2)cc1. The van der Waals surface area contributed by atoms with E-state index in [1.54, 1.807) is 0 Å². The molecule has 0 atom stereocenters. The minimum atomic E-state index is 1.04. The van der Waals surface area contributed by atoms with Gasteiger partial charge in [-0.3, -0.25) is 5.01 Å². The van der Waals surface area contributed by atoms with Crippen molar-refractivity contribution in [1.82, 2.24) is 0 Å². The Hall–Kier alpha value is -4.25. The third-order valence-corrected chi connectivity index (χ3v) is 6.82. The molecule has 0 unspecified atom stereocenters. The van der Waals surface area contributed by atoms with Crippen LogP contribution in [0.2, 0.25) is 0 Å². The number of benzene rings is 2. The normalized spacial score (nSPS) is 11.4. The maximum absolute atomic E-state index is 4.55. The number of nitrogens with zero attached hydrogens (tertiary/aromatic N) is 5. The average Bonchev–Trinajstić information content (AvgIpc) is 2.98. The van der Waals surface area contributed by atoms with E-state index < -0.39 is 0 Å². The molecule has 0 aliphatic heterocycles. The van der Waals surface area contributed by atoms with Gasteiger partial charge in [-0.2, -0.15) is 9.67 Å². The summed E-state index contributed by atoms with van der Waals surface area (Å²) < 4.78 is 4.62. The van der Waals surface area contributed by atoms with Gasteiger partial charge in [-0.25, -0.2) is 4.57 Å². The first-order valence-electron chi connectivity index (χ1n) is 13.8. The zero-order valence-corrected chi connectivity index (χ0v) is 23.5.